The lowest BCUT2D eigenvalue weighted by atomic mass is 9.98. The van der Waals surface area contributed by atoms with E-state index in [-0.39, 0.29) is 0 Å². The van der Waals surface area contributed by atoms with Crippen molar-refractivity contribution in [1.29, 1.82) is 0 Å². The third-order valence-electron chi connectivity index (χ3n) is 3.00. The summed E-state index contributed by atoms with van der Waals surface area (Å²) in [7, 11) is 0. The summed E-state index contributed by atoms with van der Waals surface area (Å²) in [5.41, 5.74) is 3.10. The number of rotatable bonds is 3. The molecule has 0 spiro atoms. The van der Waals surface area contributed by atoms with Crippen LogP contribution in [-0.4, -0.2) is 5.11 Å². The van der Waals surface area contributed by atoms with Crippen molar-refractivity contribution in [2.24, 2.45) is 0 Å². The van der Waals surface area contributed by atoms with Crippen molar-refractivity contribution in [3.63, 3.8) is 0 Å². The third kappa shape index (κ3) is 3.05. The minimum Gasteiger partial charge on any atom is -0.388 e. The van der Waals surface area contributed by atoms with Gasteiger partial charge in [-0.3, -0.25) is 0 Å². The fourth-order valence-corrected chi connectivity index (χ4v) is 2.19. The molecule has 0 aliphatic rings. The van der Waals surface area contributed by atoms with Crippen LogP contribution in [0, 0.1) is 6.92 Å². The lowest BCUT2D eigenvalue weighted by Gasteiger charge is -2.13. The van der Waals surface area contributed by atoms with Crippen molar-refractivity contribution in [3.05, 3.63) is 69.2 Å². The van der Waals surface area contributed by atoms with Gasteiger partial charge < -0.3 is 5.11 Å². The second-order valence-electron chi connectivity index (χ2n) is 4.32. The van der Waals surface area contributed by atoms with E-state index < -0.39 is 6.10 Å². The number of aryl methyl sites for hydroxylation is 1. The van der Waals surface area contributed by atoms with Gasteiger partial charge in [-0.15, -0.1) is 0 Å². The second kappa shape index (κ2) is 5.75. The predicted molar refractivity (Wildman–Crippen MR) is 76.3 cm³/mol. The first-order valence-electron chi connectivity index (χ1n) is 5.75. The summed E-state index contributed by atoms with van der Waals surface area (Å²) in [5, 5.41) is 11.2. The highest BCUT2D eigenvalue weighted by molar-refractivity contribution is 6.42. The van der Waals surface area contributed by atoms with Gasteiger partial charge in [-0.1, -0.05) is 53.5 Å². The lowest BCUT2D eigenvalue weighted by Crippen LogP contribution is -2.03. The molecule has 0 bridgehead atoms. The Morgan fingerprint density at radius 2 is 1.78 bits per heavy atom. The van der Waals surface area contributed by atoms with Crippen molar-refractivity contribution in [3.8, 4) is 0 Å². The van der Waals surface area contributed by atoms with Crippen LogP contribution in [0.1, 0.15) is 22.8 Å². The third-order valence-corrected chi connectivity index (χ3v) is 3.74. The Balaban J connectivity index is 2.19. The summed E-state index contributed by atoms with van der Waals surface area (Å²) in [5.74, 6) is 0. The summed E-state index contributed by atoms with van der Waals surface area (Å²) in [4.78, 5) is 0. The van der Waals surface area contributed by atoms with E-state index in [0.717, 1.165) is 11.1 Å². The summed E-state index contributed by atoms with van der Waals surface area (Å²) in [6.45, 7) is 2.04. The first-order chi connectivity index (χ1) is 8.58. The van der Waals surface area contributed by atoms with E-state index in [0.29, 0.717) is 16.5 Å². The van der Waals surface area contributed by atoms with E-state index >= 15 is 0 Å². The van der Waals surface area contributed by atoms with E-state index in [1.165, 1.54) is 5.56 Å². The molecular weight excluding hydrogens is 267 g/mol. The number of aliphatic hydroxyl groups is 1. The molecule has 2 rings (SSSR count). The molecule has 0 saturated heterocycles. The minimum absolute atomic E-state index is 0.470. The van der Waals surface area contributed by atoms with Crippen molar-refractivity contribution >= 4 is 23.2 Å². The summed E-state index contributed by atoms with van der Waals surface area (Å²) in [6, 6.07) is 13.3. The second-order valence-corrected chi connectivity index (χ2v) is 5.13. The van der Waals surface area contributed by atoms with Crippen LogP contribution < -0.4 is 0 Å². The van der Waals surface area contributed by atoms with Crippen molar-refractivity contribution in [2.75, 3.05) is 0 Å². The molecule has 3 heteroatoms. The van der Waals surface area contributed by atoms with Gasteiger partial charge in [0.2, 0.25) is 0 Å². The van der Waals surface area contributed by atoms with Crippen LogP contribution in [0.4, 0.5) is 0 Å². The van der Waals surface area contributed by atoms with Crippen LogP contribution in [0.25, 0.3) is 0 Å². The molecule has 1 N–H and O–H groups in total. The number of hydrogen-bond donors (Lipinski definition) is 1. The smallest absolute Gasteiger partial charge is 0.0831 e. The first kappa shape index (κ1) is 13.4. The van der Waals surface area contributed by atoms with Gasteiger partial charge in [0.15, 0.2) is 0 Å². The SMILES string of the molecule is Cc1ccccc1CC(O)c1ccc(Cl)c(Cl)c1. The Kier molecular flexibility index (Phi) is 4.28. The number of halogens is 2. The van der Waals surface area contributed by atoms with Gasteiger partial charge in [-0.25, -0.2) is 0 Å². The molecule has 94 valence electrons. The highest BCUT2D eigenvalue weighted by Gasteiger charge is 2.11. The highest BCUT2D eigenvalue weighted by atomic mass is 35.5. The topological polar surface area (TPSA) is 20.2 Å². The average Bonchev–Trinajstić information content (AvgIpc) is 2.35. The van der Waals surface area contributed by atoms with Gasteiger partial charge >= 0.3 is 0 Å². The molecule has 0 saturated carbocycles. The Morgan fingerprint density at radius 3 is 2.44 bits per heavy atom. The standard InChI is InChI=1S/C15H14Cl2O/c1-10-4-2-3-5-11(10)9-15(18)12-6-7-13(16)14(17)8-12/h2-8,15,18H,9H2,1H3. The summed E-state index contributed by atoms with van der Waals surface area (Å²) < 4.78 is 0. The molecule has 1 unspecified atom stereocenters. The summed E-state index contributed by atoms with van der Waals surface area (Å²) in [6.07, 6.45) is 0.00540. The molecule has 18 heavy (non-hydrogen) atoms. The molecule has 0 heterocycles. The fraction of sp³-hybridized carbons (Fsp3) is 0.200. The number of benzene rings is 2. The molecule has 0 aromatic heterocycles. The molecule has 2 aromatic rings. The van der Waals surface area contributed by atoms with Gasteiger partial charge in [-0.2, -0.15) is 0 Å². The van der Waals surface area contributed by atoms with E-state index in [9.17, 15) is 5.11 Å². The van der Waals surface area contributed by atoms with Gasteiger partial charge in [0.25, 0.3) is 0 Å². The molecule has 0 fully saturated rings. The zero-order valence-corrected chi connectivity index (χ0v) is 11.5. The lowest BCUT2D eigenvalue weighted by molar-refractivity contribution is 0.178. The predicted octanol–water partition coefficient (Wildman–Crippen LogP) is 4.58. The molecule has 1 nitrogen and oxygen atoms in total. The maximum Gasteiger partial charge on any atom is 0.0831 e. The van der Waals surface area contributed by atoms with E-state index in [1.54, 1.807) is 18.2 Å². The van der Waals surface area contributed by atoms with E-state index in [1.807, 2.05) is 31.2 Å². The average molecular weight is 281 g/mol. The van der Waals surface area contributed by atoms with Crippen LogP contribution in [0.15, 0.2) is 42.5 Å². The maximum atomic E-state index is 10.2. The highest BCUT2D eigenvalue weighted by Crippen LogP contribution is 2.27. The van der Waals surface area contributed by atoms with Crippen molar-refractivity contribution < 1.29 is 5.11 Å². The van der Waals surface area contributed by atoms with Crippen LogP contribution in [0.5, 0.6) is 0 Å². The van der Waals surface area contributed by atoms with Gasteiger partial charge in [0.1, 0.15) is 0 Å². The Labute approximate surface area is 117 Å². The Morgan fingerprint density at radius 1 is 1.06 bits per heavy atom. The van der Waals surface area contributed by atoms with Crippen LogP contribution in [0.2, 0.25) is 10.0 Å². The Hall–Kier alpha value is -1.02. The zero-order valence-electron chi connectivity index (χ0n) is 10.0. The molecule has 2 aromatic carbocycles. The first-order valence-corrected chi connectivity index (χ1v) is 6.51. The quantitative estimate of drug-likeness (QED) is 0.873. The molecular formula is C15H14Cl2O. The van der Waals surface area contributed by atoms with E-state index in [2.05, 4.69) is 0 Å². The number of hydrogen-bond acceptors (Lipinski definition) is 1. The van der Waals surface area contributed by atoms with Crippen LogP contribution >= 0.6 is 23.2 Å². The summed E-state index contributed by atoms with van der Waals surface area (Å²) >= 11 is 11.8. The van der Waals surface area contributed by atoms with Crippen molar-refractivity contribution in [1.82, 2.24) is 0 Å². The molecule has 1 atom stereocenters. The fourth-order valence-electron chi connectivity index (χ4n) is 1.88. The van der Waals surface area contributed by atoms with Crippen molar-refractivity contribution in [2.45, 2.75) is 19.4 Å². The molecule has 0 aliphatic carbocycles. The van der Waals surface area contributed by atoms with Gasteiger partial charge in [-0.05, 0) is 35.7 Å². The van der Waals surface area contributed by atoms with Crippen LogP contribution in [-0.2, 0) is 6.42 Å². The van der Waals surface area contributed by atoms with Gasteiger partial charge in [0, 0.05) is 6.42 Å². The van der Waals surface area contributed by atoms with Gasteiger partial charge in [0.05, 0.1) is 16.1 Å². The maximum absolute atomic E-state index is 10.2. The Bertz CT molecular complexity index is 552. The number of aliphatic hydroxyl groups excluding tert-OH is 1. The molecule has 0 radical (unpaired) electrons. The molecule has 0 aliphatic heterocycles. The largest absolute Gasteiger partial charge is 0.388 e. The minimum atomic E-state index is -0.569. The van der Waals surface area contributed by atoms with Crippen LogP contribution in [0.3, 0.4) is 0 Å². The zero-order chi connectivity index (χ0) is 13.1. The van der Waals surface area contributed by atoms with E-state index in [4.69, 9.17) is 23.2 Å². The molecule has 0 amide bonds. The monoisotopic (exact) mass is 280 g/mol. The normalized spacial score (nSPS) is 12.4.